The summed E-state index contributed by atoms with van der Waals surface area (Å²) in [5.41, 5.74) is 8.31. The third-order valence-electron chi connectivity index (χ3n) is 1.90. The van der Waals surface area contributed by atoms with Crippen LogP contribution in [-0.2, 0) is 4.79 Å². The van der Waals surface area contributed by atoms with Gasteiger partial charge in [-0.25, -0.2) is 0 Å². The summed E-state index contributed by atoms with van der Waals surface area (Å²) in [4.78, 5) is 14.8. The topological polar surface area (TPSA) is 56.0 Å². The van der Waals surface area contributed by atoms with E-state index in [1.807, 2.05) is 25.1 Å². The highest BCUT2D eigenvalue weighted by Crippen LogP contribution is 2.15. The van der Waals surface area contributed by atoms with Gasteiger partial charge in [0.15, 0.2) is 5.12 Å². The first kappa shape index (κ1) is 11.8. The van der Waals surface area contributed by atoms with Gasteiger partial charge in [-0.3, -0.25) is 9.78 Å². The first-order valence-corrected chi connectivity index (χ1v) is 5.61. The predicted molar refractivity (Wildman–Crippen MR) is 65.6 cm³/mol. The van der Waals surface area contributed by atoms with E-state index in [0.29, 0.717) is 11.4 Å². The molecule has 0 fully saturated rings. The van der Waals surface area contributed by atoms with Gasteiger partial charge in [0, 0.05) is 18.9 Å². The molecule has 0 bridgehead atoms. The first-order valence-electron chi connectivity index (χ1n) is 4.62. The number of thioether (sulfide) groups is 1. The Hall–Kier alpha value is -1.29. The van der Waals surface area contributed by atoms with Crippen LogP contribution in [-0.4, -0.2) is 15.9 Å². The van der Waals surface area contributed by atoms with E-state index in [0.717, 1.165) is 11.3 Å². The Morgan fingerprint density at radius 2 is 2.40 bits per heavy atom. The van der Waals surface area contributed by atoms with Crippen molar-refractivity contribution in [3.8, 4) is 0 Å². The minimum atomic E-state index is 0.116. The molecule has 0 radical (unpaired) electrons. The van der Waals surface area contributed by atoms with Gasteiger partial charge < -0.3 is 5.73 Å². The van der Waals surface area contributed by atoms with E-state index >= 15 is 0 Å². The summed E-state index contributed by atoms with van der Waals surface area (Å²) in [6.45, 7) is 3.50. The molecular formula is C11H14N2OS. The first-order chi connectivity index (χ1) is 7.11. The Kier molecular flexibility index (Phi) is 4.37. The lowest BCUT2D eigenvalue weighted by atomic mass is 10.2. The summed E-state index contributed by atoms with van der Waals surface area (Å²) in [5, 5.41) is 0.116. The van der Waals surface area contributed by atoms with Gasteiger partial charge in [0.05, 0.1) is 11.4 Å². The van der Waals surface area contributed by atoms with Crippen molar-refractivity contribution in [3.05, 3.63) is 29.6 Å². The fourth-order valence-corrected chi connectivity index (χ4v) is 1.48. The smallest absolute Gasteiger partial charge is 0.186 e. The molecule has 0 aliphatic rings. The molecule has 0 unspecified atom stereocenters. The molecule has 15 heavy (non-hydrogen) atoms. The van der Waals surface area contributed by atoms with Gasteiger partial charge in [0.2, 0.25) is 0 Å². The third kappa shape index (κ3) is 3.75. The number of hydrogen-bond donors (Lipinski definition) is 1. The average molecular weight is 222 g/mol. The number of nitrogen functional groups attached to an aromatic ring is 1. The van der Waals surface area contributed by atoms with E-state index in [2.05, 4.69) is 4.98 Å². The van der Waals surface area contributed by atoms with E-state index < -0.39 is 0 Å². The van der Waals surface area contributed by atoms with Crippen LogP contribution in [0, 0.1) is 6.92 Å². The molecule has 3 nitrogen and oxygen atoms in total. The highest BCUT2D eigenvalue weighted by Gasteiger charge is 1.98. The van der Waals surface area contributed by atoms with E-state index in [-0.39, 0.29) is 5.12 Å². The monoisotopic (exact) mass is 222 g/mol. The van der Waals surface area contributed by atoms with Gasteiger partial charge in [-0.2, -0.15) is 0 Å². The van der Waals surface area contributed by atoms with Crippen LogP contribution in [0.3, 0.4) is 0 Å². The van der Waals surface area contributed by atoms with E-state index in [1.54, 1.807) is 13.1 Å². The normalized spacial score (nSPS) is 10.8. The standard InChI is InChI=1S/C11H14N2OS/c1-8-5-6-13-10(11(8)12)4-3-7-15-9(2)14/h3-6H,7,12H2,1-2H3. The Bertz CT molecular complexity index is 388. The van der Waals surface area contributed by atoms with Gasteiger partial charge >= 0.3 is 0 Å². The number of pyridine rings is 1. The number of carbonyl (C=O) groups excluding carboxylic acids is 1. The van der Waals surface area contributed by atoms with Gasteiger partial charge in [0.1, 0.15) is 0 Å². The molecule has 1 aromatic rings. The molecule has 0 aliphatic carbocycles. The van der Waals surface area contributed by atoms with Crippen molar-refractivity contribution >= 4 is 28.6 Å². The van der Waals surface area contributed by atoms with Crippen LogP contribution in [0.4, 0.5) is 5.69 Å². The zero-order valence-electron chi connectivity index (χ0n) is 8.86. The maximum atomic E-state index is 10.7. The van der Waals surface area contributed by atoms with Gasteiger partial charge in [-0.05, 0) is 24.6 Å². The Morgan fingerprint density at radius 3 is 3.07 bits per heavy atom. The Morgan fingerprint density at radius 1 is 1.67 bits per heavy atom. The lowest BCUT2D eigenvalue weighted by molar-refractivity contribution is -0.109. The molecule has 2 N–H and O–H groups in total. The van der Waals surface area contributed by atoms with Crippen LogP contribution in [0.1, 0.15) is 18.2 Å². The minimum Gasteiger partial charge on any atom is -0.397 e. The van der Waals surface area contributed by atoms with Crippen molar-refractivity contribution in [1.82, 2.24) is 4.98 Å². The zero-order chi connectivity index (χ0) is 11.3. The number of hydrogen-bond acceptors (Lipinski definition) is 4. The third-order valence-corrected chi connectivity index (χ3v) is 2.66. The molecule has 0 atom stereocenters. The number of aromatic nitrogens is 1. The van der Waals surface area contributed by atoms with Gasteiger partial charge in [0.25, 0.3) is 0 Å². The minimum absolute atomic E-state index is 0.116. The second kappa shape index (κ2) is 5.56. The molecule has 0 amide bonds. The number of carbonyl (C=O) groups is 1. The summed E-state index contributed by atoms with van der Waals surface area (Å²) in [6.07, 6.45) is 5.46. The number of rotatable bonds is 3. The van der Waals surface area contributed by atoms with Gasteiger partial charge in [-0.1, -0.05) is 17.8 Å². The molecule has 80 valence electrons. The van der Waals surface area contributed by atoms with Crippen molar-refractivity contribution in [2.24, 2.45) is 0 Å². The van der Waals surface area contributed by atoms with E-state index in [1.165, 1.54) is 11.8 Å². The van der Waals surface area contributed by atoms with Crippen LogP contribution in [0.25, 0.3) is 6.08 Å². The van der Waals surface area contributed by atoms with Crippen molar-refractivity contribution in [3.63, 3.8) is 0 Å². The Balaban J connectivity index is 2.64. The molecule has 1 aromatic heterocycles. The molecule has 0 aliphatic heterocycles. The second-order valence-electron chi connectivity index (χ2n) is 3.13. The van der Waals surface area contributed by atoms with Crippen LogP contribution >= 0.6 is 11.8 Å². The molecule has 0 saturated heterocycles. The van der Waals surface area contributed by atoms with Crippen LogP contribution < -0.4 is 5.73 Å². The van der Waals surface area contributed by atoms with Crippen molar-refractivity contribution in [2.75, 3.05) is 11.5 Å². The predicted octanol–water partition coefficient (Wildman–Crippen LogP) is 2.27. The number of anilines is 1. The summed E-state index contributed by atoms with van der Waals surface area (Å²) in [7, 11) is 0. The van der Waals surface area contributed by atoms with E-state index in [4.69, 9.17) is 5.73 Å². The molecule has 4 heteroatoms. The Labute approximate surface area is 93.8 Å². The summed E-state index contributed by atoms with van der Waals surface area (Å²) in [5.74, 6) is 0.657. The quantitative estimate of drug-likeness (QED) is 0.852. The fourth-order valence-electron chi connectivity index (χ4n) is 1.05. The maximum Gasteiger partial charge on any atom is 0.186 e. The molecular weight excluding hydrogens is 208 g/mol. The highest BCUT2D eigenvalue weighted by atomic mass is 32.2. The molecule has 0 saturated carbocycles. The summed E-state index contributed by atoms with van der Waals surface area (Å²) >= 11 is 1.27. The zero-order valence-corrected chi connectivity index (χ0v) is 9.67. The van der Waals surface area contributed by atoms with Crippen molar-refractivity contribution in [1.29, 1.82) is 0 Å². The van der Waals surface area contributed by atoms with Gasteiger partial charge in [-0.15, -0.1) is 0 Å². The molecule has 0 aromatic carbocycles. The lowest BCUT2D eigenvalue weighted by Crippen LogP contribution is -1.95. The summed E-state index contributed by atoms with van der Waals surface area (Å²) in [6, 6.07) is 1.87. The van der Waals surface area contributed by atoms with Crippen LogP contribution in [0.15, 0.2) is 18.3 Å². The fraction of sp³-hybridized carbons (Fsp3) is 0.273. The number of nitrogens with two attached hydrogens (primary N) is 1. The van der Waals surface area contributed by atoms with Crippen molar-refractivity contribution < 1.29 is 4.79 Å². The number of aryl methyl sites for hydroxylation is 1. The lowest BCUT2D eigenvalue weighted by Gasteiger charge is -2.01. The highest BCUT2D eigenvalue weighted by molar-refractivity contribution is 8.13. The second-order valence-corrected chi connectivity index (χ2v) is 4.33. The maximum absolute atomic E-state index is 10.7. The largest absolute Gasteiger partial charge is 0.397 e. The van der Waals surface area contributed by atoms with E-state index in [9.17, 15) is 4.79 Å². The molecule has 0 spiro atoms. The van der Waals surface area contributed by atoms with Crippen LogP contribution in [0.5, 0.6) is 0 Å². The van der Waals surface area contributed by atoms with Crippen LogP contribution in [0.2, 0.25) is 0 Å². The SMILES string of the molecule is CC(=O)SCC=Cc1nccc(C)c1N. The molecule has 1 heterocycles. The number of nitrogens with zero attached hydrogens (tertiary/aromatic N) is 1. The molecule has 1 rings (SSSR count). The van der Waals surface area contributed by atoms with Crippen molar-refractivity contribution in [2.45, 2.75) is 13.8 Å². The average Bonchev–Trinajstić information content (AvgIpc) is 2.18. The summed E-state index contributed by atoms with van der Waals surface area (Å²) < 4.78 is 0.